The van der Waals surface area contributed by atoms with Crippen LogP contribution in [0, 0.1) is 28.6 Å². The molecule has 1 aromatic rings. The molecule has 0 spiro atoms. The minimum absolute atomic E-state index is 0.00897. The van der Waals surface area contributed by atoms with Crippen molar-refractivity contribution in [1.29, 1.82) is 0 Å². The van der Waals surface area contributed by atoms with E-state index in [4.69, 9.17) is 23.7 Å². The summed E-state index contributed by atoms with van der Waals surface area (Å²) in [6, 6.07) is 0. The van der Waals surface area contributed by atoms with Gasteiger partial charge in [-0.25, -0.2) is 4.98 Å². The molecule has 10 nitrogen and oxygen atoms in total. The summed E-state index contributed by atoms with van der Waals surface area (Å²) in [6.07, 6.45) is 26.6. The molecule has 10 heteroatoms. The van der Waals surface area contributed by atoms with Gasteiger partial charge in [0.15, 0.2) is 6.29 Å². The Balaban J connectivity index is 1.36. The molecule has 2 aliphatic carbocycles. The molecule has 1 aromatic heterocycles. The summed E-state index contributed by atoms with van der Waals surface area (Å²) >= 11 is 0. The second kappa shape index (κ2) is 28.7. The van der Waals surface area contributed by atoms with E-state index in [0.717, 1.165) is 83.5 Å². The van der Waals surface area contributed by atoms with Gasteiger partial charge in [-0.3, -0.25) is 14.4 Å². The highest BCUT2D eigenvalue weighted by Gasteiger charge is 2.62. The van der Waals surface area contributed by atoms with Gasteiger partial charge in [0.1, 0.15) is 12.2 Å². The summed E-state index contributed by atoms with van der Waals surface area (Å²) in [5, 5.41) is 0. The van der Waals surface area contributed by atoms with E-state index in [-0.39, 0.29) is 47.4 Å². The van der Waals surface area contributed by atoms with Crippen LogP contribution in [0.4, 0.5) is 0 Å². The van der Waals surface area contributed by atoms with Crippen LogP contribution in [0.1, 0.15) is 197 Å². The van der Waals surface area contributed by atoms with Crippen LogP contribution < -0.4 is 0 Å². The van der Waals surface area contributed by atoms with Crippen molar-refractivity contribution < 1.29 is 38.1 Å². The molecule has 2 bridgehead atoms. The number of hydrogen-bond donors (Lipinski definition) is 0. The third-order valence-corrected chi connectivity index (χ3v) is 14.1. The molecule has 0 radical (unpaired) electrons. The van der Waals surface area contributed by atoms with Crippen molar-refractivity contribution in [2.75, 3.05) is 19.8 Å². The number of unbranched alkanes of at least 4 members (excludes halogenated alkanes) is 3. The van der Waals surface area contributed by atoms with Crippen molar-refractivity contribution in [3.63, 3.8) is 0 Å². The molecule has 2 saturated carbocycles. The number of imidazole rings is 1. The van der Waals surface area contributed by atoms with Crippen molar-refractivity contribution in [3.05, 3.63) is 42.0 Å². The second-order valence-corrected chi connectivity index (χ2v) is 20.1. The Morgan fingerprint density at radius 3 is 1.94 bits per heavy atom. The number of carbonyl (C=O) groups is 3. The Labute approximate surface area is 377 Å². The fourth-order valence-corrected chi connectivity index (χ4v) is 9.27. The summed E-state index contributed by atoms with van der Waals surface area (Å²) in [6.45, 7) is 22.4. The van der Waals surface area contributed by atoms with Gasteiger partial charge in [-0.05, 0) is 147 Å². The molecule has 6 atom stereocenters. The van der Waals surface area contributed by atoms with E-state index < -0.39 is 6.29 Å². The quantitative estimate of drug-likeness (QED) is 0.0219. The summed E-state index contributed by atoms with van der Waals surface area (Å²) < 4.78 is 32.1. The van der Waals surface area contributed by atoms with Crippen molar-refractivity contribution in [3.8, 4) is 0 Å². The number of aromatic nitrogens is 2. The maximum atomic E-state index is 13.0. The van der Waals surface area contributed by atoms with E-state index in [2.05, 4.69) is 79.4 Å². The van der Waals surface area contributed by atoms with E-state index in [1.54, 1.807) is 12.5 Å². The molecule has 0 aliphatic heterocycles. The molecule has 2 aliphatic rings. The summed E-state index contributed by atoms with van der Waals surface area (Å²) in [5.74, 6) is 1.17. The lowest BCUT2D eigenvalue weighted by Gasteiger charge is -2.38. The minimum Gasteiger partial charge on any atom is -0.466 e. The molecule has 1 heterocycles. The highest BCUT2D eigenvalue weighted by atomic mass is 16.7. The Hall–Kier alpha value is -2.98. The number of aryl methyl sites for hydroxylation is 1. The van der Waals surface area contributed by atoms with E-state index in [1.807, 2.05) is 10.8 Å². The number of carbonyl (C=O) groups excluding carboxylic acids is 3. The Morgan fingerprint density at radius 1 is 0.726 bits per heavy atom. The van der Waals surface area contributed by atoms with Gasteiger partial charge in [0.25, 0.3) is 0 Å². The molecule has 0 aromatic carbocycles. The molecule has 0 saturated heterocycles. The first-order valence-electron chi connectivity index (χ1n) is 24.6. The van der Waals surface area contributed by atoms with Crippen LogP contribution in [0.25, 0.3) is 0 Å². The first kappa shape index (κ1) is 53.4. The van der Waals surface area contributed by atoms with Crippen molar-refractivity contribution in [2.24, 2.45) is 28.6 Å². The highest BCUT2D eigenvalue weighted by Crippen LogP contribution is 2.66. The van der Waals surface area contributed by atoms with Gasteiger partial charge in [0, 0.05) is 56.8 Å². The van der Waals surface area contributed by atoms with Crippen LogP contribution in [-0.4, -0.2) is 65.8 Å². The Kier molecular flexibility index (Phi) is 24.7. The second-order valence-electron chi connectivity index (χ2n) is 20.1. The van der Waals surface area contributed by atoms with Crippen LogP contribution in [-0.2, 0) is 44.6 Å². The Bertz CT molecular complexity index is 1440. The molecular weight excluding hydrogens is 781 g/mol. The zero-order valence-electron chi connectivity index (χ0n) is 40.7. The van der Waals surface area contributed by atoms with E-state index in [1.165, 1.54) is 17.6 Å². The smallest absolute Gasteiger partial charge is 0.306 e. The van der Waals surface area contributed by atoms with E-state index in [0.29, 0.717) is 82.6 Å². The molecule has 3 rings (SSSR count). The number of nitrogens with zero attached hydrogens (tertiary/aromatic N) is 2. The number of esters is 3. The van der Waals surface area contributed by atoms with Crippen LogP contribution in [0.5, 0.6) is 0 Å². The Morgan fingerprint density at radius 2 is 1.35 bits per heavy atom. The van der Waals surface area contributed by atoms with Gasteiger partial charge in [-0.15, -0.1) is 0 Å². The molecule has 2 fully saturated rings. The number of hydrogen-bond acceptors (Lipinski definition) is 9. The number of ether oxygens (including phenoxy) is 5. The topological polar surface area (TPSA) is 115 Å². The molecular formula is C52H88N2O8. The van der Waals surface area contributed by atoms with Gasteiger partial charge in [0.05, 0.1) is 19.4 Å². The lowest BCUT2D eigenvalue weighted by Crippen LogP contribution is -2.38. The van der Waals surface area contributed by atoms with Crippen LogP contribution >= 0.6 is 0 Å². The number of rotatable bonds is 34. The fraction of sp³-hybridized carbons (Fsp3) is 0.808. The summed E-state index contributed by atoms with van der Waals surface area (Å²) in [5.41, 5.74) is 2.95. The van der Waals surface area contributed by atoms with Crippen molar-refractivity contribution >= 4 is 17.9 Å². The zero-order valence-corrected chi connectivity index (χ0v) is 40.7. The highest BCUT2D eigenvalue weighted by molar-refractivity contribution is 5.70. The monoisotopic (exact) mass is 869 g/mol. The maximum absolute atomic E-state index is 13.0. The van der Waals surface area contributed by atoms with Crippen LogP contribution in [0.2, 0.25) is 0 Å². The zero-order chi connectivity index (χ0) is 45.4. The van der Waals surface area contributed by atoms with E-state index in [9.17, 15) is 14.4 Å². The maximum Gasteiger partial charge on any atom is 0.306 e. The normalized spacial score (nSPS) is 20.9. The number of fused-ring (bicyclic) bond motifs is 2. The fourth-order valence-electron chi connectivity index (χ4n) is 9.27. The van der Waals surface area contributed by atoms with Gasteiger partial charge in [-0.1, -0.05) is 70.8 Å². The predicted molar refractivity (Wildman–Crippen MR) is 248 cm³/mol. The SMILES string of the molecule is CC(C)=CCCC(C)CCOC(CCC(=O)OCCCCCCC(CCCC(=O)O[C@@H]1C[C@@H]2CCC1(C)C2(C)C)OC(=O)CCCn1ccnc1)OCCC(C)CCC=C(C)C. The van der Waals surface area contributed by atoms with Gasteiger partial charge < -0.3 is 28.3 Å². The van der Waals surface area contributed by atoms with Crippen molar-refractivity contribution in [1.82, 2.24) is 9.55 Å². The first-order valence-corrected chi connectivity index (χ1v) is 24.6. The largest absolute Gasteiger partial charge is 0.466 e. The van der Waals surface area contributed by atoms with Gasteiger partial charge in [-0.2, -0.15) is 0 Å². The summed E-state index contributed by atoms with van der Waals surface area (Å²) in [7, 11) is 0. The molecule has 0 N–H and O–H groups in total. The van der Waals surface area contributed by atoms with Gasteiger partial charge >= 0.3 is 17.9 Å². The molecule has 0 amide bonds. The predicted octanol–water partition coefficient (Wildman–Crippen LogP) is 12.7. The molecule has 354 valence electrons. The minimum atomic E-state index is -0.417. The van der Waals surface area contributed by atoms with Crippen molar-refractivity contribution in [2.45, 2.75) is 222 Å². The number of allylic oxidation sites excluding steroid dienone is 4. The molecule has 4 unspecified atom stereocenters. The van der Waals surface area contributed by atoms with Crippen LogP contribution in [0.3, 0.4) is 0 Å². The average Bonchev–Trinajstić information content (AvgIpc) is 3.85. The van der Waals surface area contributed by atoms with E-state index >= 15 is 0 Å². The average molecular weight is 869 g/mol. The van der Waals surface area contributed by atoms with Crippen LogP contribution in [0.15, 0.2) is 42.0 Å². The third kappa shape index (κ3) is 20.2. The lowest BCUT2D eigenvalue weighted by molar-refractivity contribution is -0.161. The first-order chi connectivity index (χ1) is 29.6. The third-order valence-electron chi connectivity index (χ3n) is 14.1. The van der Waals surface area contributed by atoms with Gasteiger partial charge in [0.2, 0.25) is 0 Å². The molecule has 62 heavy (non-hydrogen) atoms. The summed E-state index contributed by atoms with van der Waals surface area (Å²) in [4.78, 5) is 42.7. The lowest BCUT2D eigenvalue weighted by atomic mass is 9.70. The standard InChI is InChI=1S/C52H88N2O8/c1-40(2)18-14-20-42(5)29-36-59-50(60-37-30-43(6)21-15-19-41(3)4)27-26-47(55)58-35-13-11-10-12-22-45(61-48(56)25-17-33-54-34-32-53-39-54)23-16-24-49(57)62-46-38-44-28-31-52(46,9)51(44,7)8/h18-19,32,34,39,42-46,50H,10-17,20-31,33,35-38H2,1-9H3/t42?,43?,44-,45?,46+,50?,52?/m0/s1.